The number of carbonyl (C=O) groups is 1. The molecule has 1 aromatic heterocycles. The van der Waals surface area contributed by atoms with E-state index >= 15 is 0 Å². The Morgan fingerprint density at radius 2 is 2.14 bits per heavy atom. The van der Waals surface area contributed by atoms with Crippen LogP contribution in [0.15, 0.2) is 29.1 Å². The monoisotopic (exact) mass is 288 g/mol. The highest BCUT2D eigenvalue weighted by molar-refractivity contribution is 5.97. The summed E-state index contributed by atoms with van der Waals surface area (Å²) in [4.78, 5) is 24.8. The summed E-state index contributed by atoms with van der Waals surface area (Å²) in [5, 5.41) is 3.80. The van der Waals surface area contributed by atoms with Crippen LogP contribution in [-0.2, 0) is 6.54 Å². The number of nitrogens with one attached hydrogen (secondary N) is 1. The van der Waals surface area contributed by atoms with E-state index in [1.807, 2.05) is 6.92 Å². The summed E-state index contributed by atoms with van der Waals surface area (Å²) in [6, 6.07) is 5.97. The molecule has 1 amide bonds. The van der Waals surface area contributed by atoms with Crippen LogP contribution in [0.1, 0.15) is 36.7 Å². The summed E-state index contributed by atoms with van der Waals surface area (Å²) >= 11 is 0. The van der Waals surface area contributed by atoms with Gasteiger partial charge in [0.25, 0.3) is 11.5 Å². The highest BCUT2D eigenvalue weighted by Gasteiger charge is 2.25. The van der Waals surface area contributed by atoms with Crippen molar-refractivity contribution in [3.05, 3.63) is 46.1 Å². The Morgan fingerprint density at radius 3 is 2.81 bits per heavy atom. The summed E-state index contributed by atoms with van der Waals surface area (Å²) in [6.45, 7) is 2.38. The molecule has 3 rings (SSSR count). The van der Waals surface area contributed by atoms with Crippen molar-refractivity contribution in [2.24, 2.45) is 0 Å². The molecule has 1 saturated carbocycles. The van der Waals surface area contributed by atoms with Gasteiger partial charge in [-0.25, -0.2) is 4.39 Å². The number of hydrogen-bond donors (Lipinski definition) is 1. The molecule has 4 nitrogen and oxygen atoms in total. The predicted molar refractivity (Wildman–Crippen MR) is 78.9 cm³/mol. The summed E-state index contributed by atoms with van der Waals surface area (Å²) in [7, 11) is 0. The lowest BCUT2D eigenvalue weighted by Crippen LogP contribution is -2.33. The van der Waals surface area contributed by atoms with Crippen LogP contribution in [0.3, 0.4) is 0 Å². The molecule has 1 fully saturated rings. The Labute approximate surface area is 121 Å². The van der Waals surface area contributed by atoms with Crippen molar-refractivity contribution in [2.45, 2.75) is 38.8 Å². The fourth-order valence-corrected chi connectivity index (χ4v) is 2.44. The Hall–Kier alpha value is -2.17. The van der Waals surface area contributed by atoms with Gasteiger partial charge in [0.2, 0.25) is 0 Å². The Kier molecular flexibility index (Phi) is 3.49. The Balaban J connectivity index is 2.16. The molecule has 1 N–H and O–H groups in total. The number of aromatic nitrogens is 1. The third-order valence-corrected chi connectivity index (χ3v) is 3.67. The largest absolute Gasteiger partial charge is 0.348 e. The van der Waals surface area contributed by atoms with Crippen molar-refractivity contribution >= 4 is 16.7 Å². The van der Waals surface area contributed by atoms with Crippen LogP contribution in [0.25, 0.3) is 10.8 Å². The molecule has 1 heterocycles. The van der Waals surface area contributed by atoms with Crippen molar-refractivity contribution in [3.8, 4) is 0 Å². The average Bonchev–Trinajstić information content (AvgIpc) is 3.26. The summed E-state index contributed by atoms with van der Waals surface area (Å²) in [5.41, 5.74) is 0.0441. The molecule has 2 aromatic rings. The first kappa shape index (κ1) is 13.8. The van der Waals surface area contributed by atoms with Gasteiger partial charge in [-0.2, -0.15) is 0 Å². The molecular weight excluding hydrogens is 271 g/mol. The molecule has 1 aliphatic rings. The first-order chi connectivity index (χ1) is 10.1. The van der Waals surface area contributed by atoms with Crippen LogP contribution in [0, 0.1) is 5.82 Å². The minimum absolute atomic E-state index is 0.228. The van der Waals surface area contributed by atoms with Crippen LogP contribution >= 0.6 is 0 Å². The fourth-order valence-electron chi connectivity index (χ4n) is 2.44. The number of pyridine rings is 1. The first-order valence-electron chi connectivity index (χ1n) is 7.24. The first-order valence-corrected chi connectivity index (χ1v) is 7.24. The number of rotatable bonds is 4. The lowest BCUT2D eigenvalue weighted by atomic mass is 10.1. The van der Waals surface area contributed by atoms with Gasteiger partial charge < -0.3 is 9.88 Å². The molecule has 0 atom stereocenters. The lowest BCUT2D eigenvalue weighted by Gasteiger charge is -2.13. The zero-order valence-corrected chi connectivity index (χ0v) is 11.9. The van der Waals surface area contributed by atoms with Gasteiger partial charge in [-0.3, -0.25) is 9.59 Å². The van der Waals surface area contributed by atoms with Gasteiger partial charge >= 0.3 is 0 Å². The van der Waals surface area contributed by atoms with E-state index in [1.165, 1.54) is 22.8 Å². The van der Waals surface area contributed by atoms with E-state index in [1.54, 1.807) is 6.07 Å². The van der Waals surface area contributed by atoms with Crippen molar-refractivity contribution < 1.29 is 9.18 Å². The van der Waals surface area contributed by atoms with Crippen LogP contribution in [0.2, 0.25) is 0 Å². The normalized spacial score (nSPS) is 14.4. The smallest absolute Gasteiger partial charge is 0.268 e. The molecular formula is C16H17FN2O2. The molecule has 0 radical (unpaired) electrons. The number of benzene rings is 1. The van der Waals surface area contributed by atoms with Crippen LogP contribution in [0.4, 0.5) is 4.39 Å². The second-order valence-corrected chi connectivity index (χ2v) is 5.47. The second kappa shape index (κ2) is 5.31. The van der Waals surface area contributed by atoms with Crippen LogP contribution in [0.5, 0.6) is 0 Å². The minimum atomic E-state index is -0.446. The molecule has 110 valence electrons. The third-order valence-electron chi connectivity index (χ3n) is 3.67. The quantitative estimate of drug-likeness (QED) is 0.939. The van der Waals surface area contributed by atoms with E-state index in [2.05, 4.69) is 5.32 Å². The third kappa shape index (κ3) is 2.68. The molecule has 5 heteroatoms. The zero-order valence-electron chi connectivity index (χ0n) is 11.9. The molecule has 0 saturated heterocycles. The maximum atomic E-state index is 13.3. The lowest BCUT2D eigenvalue weighted by molar-refractivity contribution is 0.0940. The molecule has 1 aliphatic carbocycles. The molecule has 0 unspecified atom stereocenters. The van der Waals surface area contributed by atoms with Crippen LogP contribution < -0.4 is 10.9 Å². The number of halogens is 1. The topological polar surface area (TPSA) is 51.1 Å². The van der Waals surface area contributed by atoms with Crippen molar-refractivity contribution in [2.75, 3.05) is 0 Å². The van der Waals surface area contributed by atoms with Gasteiger partial charge in [-0.1, -0.05) is 13.0 Å². The van der Waals surface area contributed by atoms with Crippen LogP contribution in [-0.4, -0.2) is 16.5 Å². The molecule has 1 aromatic carbocycles. The maximum Gasteiger partial charge on any atom is 0.268 e. The molecule has 0 spiro atoms. The molecule has 0 bridgehead atoms. The standard InChI is InChI=1S/C16H17FN2O2/c1-2-7-19-14(15(20)18-12-5-6-12)8-10-3-4-11(17)9-13(10)16(19)21/h3-4,8-9,12H,2,5-7H2,1H3,(H,18,20). The van der Waals surface area contributed by atoms with Gasteiger partial charge in [0.15, 0.2) is 0 Å². The van der Waals surface area contributed by atoms with E-state index in [0.717, 1.165) is 19.3 Å². The van der Waals surface area contributed by atoms with Gasteiger partial charge in [-0.15, -0.1) is 0 Å². The summed E-state index contributed by atoms with van der Waals surface area (Å²) in [6.07, 6.45) is 2.70. The fraction of sp³-hybridized carbons (Fsp3) is 0.375. The van der Waals surface area contributed by atoms with Gasteiger partial charge in [-0.05, 0) is 42.8 Å². The van der Waals surface area contributed by atoms with E-state index in [-0.39, 0.29) is 17.5 Å². The minimum Gasteiger partial charge on any atom is -0.348 e. The van der Waals surface area contributed by atoms with Crippen molar-refractivity contribution in [1.29, 1.82) is 0 Å². The maximum absolute atomic E-state index is 13.3. The SMILES string of the molecule is CCCn1c(C(=O)NC2CC2)cc2ccc(F)cc2c1=O. The molecule has 21 heavy (non-hydrogen) atoms. The summed E-state index contributed by atoms with van der Waals surface area (Å²) in [5.74, 6) is -0.674. The van der Waals surface area contributed by atoms with Gasteiger partial charge in [0.05, 0.1) is 5.39 Å². The number of fused-ring (bicyclic) bond motifs is 1. The molecule has 0 aliphatic heterocycles. The van der Waals surface area contributed by atoms with E-state index < -0.39 is 5.82 Å². The van der Waals surface area contributed by atoms with Gasteiger partial charge in [0, 0.05) is 12.6 Å². The average molecular weight is 288 g/mol. The van der Waals surface area contributed by atoms with E-state index in [0.29, 0.717) is 23.0 Å². The van der Waals surface area contributed by atoms with Gasteiger partial charge in [0.1, 0.15) is 11.5 Å². The second-order valence-electron chi connectivity index (χ2n) is 5.47. The van der Waals surface area contributed by atoms with E-state index in [4.69, 9.17) is 0 Å². The zero-order chi connectivity index (χ0) is 15.0. The van der Waals surface area contributed by atoms with Crippen molar-refractivity contribution in [1.82, 2.24) is 9.88 Å². The predicted octanol–water partition coefficient (Wildman–Crippen LogP) is 2.44. The highest BCUT2D eigenvalue weighted by Crippen LogP contribution is 2.20. The highest BCUT2D eigenvalue weighted by atomic mass is 19.1. The van der Waals surface area contributed by atoms with Crippen molar-refractivity contribution in [3.63, 3.8) is 0 Å². The summed E-state index contributed by atoms with van der Waals surface area (Å²) < 4.78 is 14.8. The number of nitrogens with zero attached hydrogens (tertiary/aromatic N) is 1. The number of carbonyl (C=O) groups excluding carboxylic acids is 1. The Bertz CT molecular complexity index is 763. The number of hydrogen-bond acceptors (Lipinski definition) is 2. The number of amides is 1. The van der Waals surface area contributed by atoms with E-state index in [9.17, 15) is 14.0 Å². The Morgan fingerprint density at radius 1 is 1.38 bits per heavy atom.